The molecule has 0 N–H and O–H groups in total. The summed E-state index contributed by atoms with van der Waals surface area (Å²) < 4.78 is 0. The van der Waals surface area contributed by atoms with E-state index in [4.69, 9.17) is 11.6 Å². The van der Waals surface area contributed by atoms with E-state index in [2.05, 4.69) is 0 Å². The highest BCUT2D eigenvalue weighted by Gasteiger charge is 2.20. The second-order valence-corrected chi connectivity index (χ2v) is 5.03. The molecule has 2 rings (SSSR count). The zero-order valence-corrected chi connectivity index (χ0v) is 12.5. The number of rotatable bonds is 4. The number of anilines is 1. The van der Waals surface area contributed by atoms with Crippen molar-refractivity contribution in [2.45, 2.75) is 13.3 Å². The van der Waals surface area contributed by atoms with Crippen LogP contribution in [0.5, 0.6) is 0 Å². The molecule has 0 atom stereocenters. The quantitative estimate of drug-likeness (QED) is 0.846. The highest BCUT2D eigenvalue weighted by atomic mass is 35.5. The number of carbonyl (C=O) groups is 1. The first-order valence-corrected chi connectivity index (χ1v) is 7.11. The van der Waals surface area contributed by atoms with Gasteiger partial charge in [0.1, 0.15) is 0 Å². The molecule has 0 aliphatic carbocycles. The molecule has 2 aromatic rings. The van der Waals surface area contributed by atoms with Gasteiger partial charge in [-0.15, -0.1) is 0 Å². The van der Waals surface area contributed by atoms with Crippen molar-refractivity contribution < 1.29 is 4.79 Å². The van der Waals surface area contributed by atoms with Crippen LogP contribution in [0.4, 0.5) is 5.69 Å². The Hall–Kier alpha value is -2.31. The predicted molar refractivity (Wildman–Crippen MR) is 84.6 cm³/mol. The minimum Gasteiger partial charge on any atom is -0.308 e. The number of nitriles is 1. The third kappa shape index (κ3) is 3.42. The highest BCUT2D eigenvalue weighted by Crippen LogP contribution is 2.21. The average molecular weight is 299 g/mol. The molecule has 2 aromatic carbocycles. The van der Waals surface area contributed by atoms with E-state index in [0.717, 1.165) is 12.1 Å². The van der Waals surface area contributed by atoms with Crippen molar-refractivity contribution in [2.24, 2.45) is 0 Å². The Bertz CT molecular complexity index is 677. The largest absolute Gasteiger partial charge is 0.308 e. The van der Waals surface area contributed by atoms with E-state index in [1.54, 1.807) is 23.1 Å². The fourth-order valence-electron chi connectivity index (χ4n) is 2.12. The van der Waals surface area contributed by atoms with Crippen LogP contribution in [0, 0.1) is 11.3 Å². The third-order valence-electron chi connectivity index (χ3n) is 3.09. The zero-order chi connectivity index (χ0) is 15.2. The lowest BCUT2D eigenvalue weighted by Gasteiger charge is -2.23. The highest BCUT2D eigenvalue weighted by molar-refractivity contribution is 6.31. The molecular weight excluding hydrogens is 284 g/mol. The van der Waals surface area contributed by atoms with Crippen molar-refractivity contribution in [1.29, 1.82) is 5.26 Å². The van der Waals surface area contributed by atoms with E-state index in [1.165, 1.54) is 0 Å². The van der Waals surface area contributed by atoms with Gasteiger partial charge in [-0.1, -0.05) is 36.7 Å². The predicted octanol–water partition coefficient (Wildman–Crippen LogP) is 4.27. The Kier molecular flexibility index (Phi) is 4.97. The second kappa shape index (κ2) is 6.92. The number of hydrogen-bond donors (Lipinski definition) is 0. The normalized spacial score (nSPS) is 9.95. The molecule has 3 nitrogen and oxygen atoms in total. The van der Waals surface area contributed by atoms with Gasteiger partial charge in [-0.25, -0.2) is 0 Å². The van der Waals surface area contributed by atoms with Crippen molar-refractivity contribution >= 4 is 23.2 Å². The lowest BCUT2D eigenvalue weighted by atomic mass is 10.1. The number of nitrogens with zero attached hydrogens (tertiary/aromatic N) is 2. The van der Waals surface area contributed by atoms with Crippen molar-refractivity contribution in [3.05, 3.63) is 64.7 Å². The molecule has 0 aliphatic rings. The standard InChI is InChI=1S/C17H15ClN2O/c1-2-10-20(15-6-4-3-5-7-15)17(21)16-11-14(18)9-8-13(16)12-19/h3-9,11H,2,10H2,1H3. The lowest BCUT2D eigenvalue weighted by Crippen LogP contribution is -2.32. The Labute approximate surface area is 129 Å². The van der Waals surface area contributed by atoms with Crippen LogP contribution in [-0.4, -0.2) is 12.5 Å². The van der Waals surface area contributed by atoms with Crippen LogP contribution >= 0.6 is 11.6 Å². The average Bonchev–Trinajstić information content (AvgIpc) is 2.52. The molecule has 0 fully saturated rings. The number of para-hydroxylation sites is 1. The monoisotopic (exact) mass is 298 g/mol. The Balaban J connectivity index is 2.45. The van der Waals surface area contributed by atoms with Gasteiger partial charge in [0.2, 0.25) is 0 Å². The van der Waals surface area contributed by atoms with E-state index in [0.29, 0.717) is 22.7 Å². The minimum absolute atomic E-state index is 0.206. The van der Waals surface area contributed by atoms with Gasteiger partial charge >= 0.3 is 0 Å². The van der Waals surface area contributed by atoms with Gasteiger partial charge in [0, 0.05) is 17.3 Å². The summed E-state index contributed by atoms with van der Waals surface area (Å²) >= 11 is 5.97. The summed E-state index contributed by atoms with van der Waals surface area (Å²) in [7, 11) is 0. The van der Waals surface area contributed by atoms with Crippen molar-refractivity contribution in [3.63, 3.8) is 0 Å². The number of amides is 1. The molecule has 106 valence electrons. The summed E-state index contributed by atoms with van der Waals surface area (Å²) in [5, 5.41) is 9.62. The van der Waals surface area contributed by atoms with Gasteiger partial charge < -0.3 is 4.90 Å². The molecule has 0 unspecified atom stereocenters. The van der Waals surface area contributed by atoms with E-state index in [-0.39, 0.29) is 5.91 Å². The maximum Gasteiger partial charge on any atom is 0.259 e. The summed E-state index contributed by atoms with van der Waals surface area (Å²) in [4.78, 5) is 14.5. The minimum atomic E-state index is -0.206. The number of carbonyl (C=O) groups excluding carboxylic acids is 1. The zero-order valence-electron chi connectivity index (χ0n) is 11.7. The molecule has 21 heavy (non-hydrogen) atoms. The van der Waals surface area contributed by atoms with E-state index in [9.17, 15) is 10.1 Å². The molecule has 0 saturated carbocycles. The first-order valence-electron chi connectivity index (χ1n) is 6.74. The van der Waals surface area contributed by atoms with Gasteiger partial charge in [-0.05, 0) is 36.8 Å². The maximum atomic E-state index is 12.8. The molecule has 4 heteroatoms. The van der Waals surface area contributed by atoms with Gasteiger partial charge in [0.15, 0.2) is 0 Å². The van der Waals surface area contributed by atoms with Crippen molar-refractivity contribution in [2.75, 3.05) is 11.4 Å². The molecule has 0 radical (unpaired) electrons. The fourth-order valence-corrected chi connectivity index (χ4v) is 2.29. The fraction of sp³-hybridized carbons (Fsp3) is 0.176. The SMILES string of the molecule is CCCN(C(=O)c1cc(Cl)ccc1C#N)c1ccccc1. The topological polar surface area (TPSA) is 44.1 Å². The molecular formula is C17H15ClN2O. The van der Waals surface area contributed by atoms with Crippen molar-refractivity contribution in [3.8, 4) is 6.07 Å². The molecule has 0 bridgehead atoms. The van der Waals surface area contributed by atoms with Crippen LogP contribution in [0.15, 0.2) is 48.5 Å². The Morgan fingerprint density at radius 2 is 1.95 bits per heavy atom. The Morgan fingerprint density at radius 1 is 1.24 bits per heavy atom. The van der Waals surface area contributed by atoms with Crippen molar-refractivity contribution in [1.82, 2.24) is 0 Å². The number of benzene rings is 2. The van der Waals surface area contributed by atoms with Gasteiger partial charge in [-0.3, -0.25) is 4.79 Å². The van der Waals surface area contributed by atoms with Crippen LogP contribution in [-0.2, 0) is 0 Å². The maximum absolute atomic E-state index is 12.8. The number of halogens is 1. The summed E-state index contributed by atoms with van der Waals surface area (Å²) in [5.74, 6) is -0.206. The summed E-state index contributed by atoms with van der Waals surface area (Å²) in [6.07, 6.45) is 0.823. The van der Waals surface area contributed by atoms with Crippen LogP contribution in [0.3, 0.4) is 0 Å². The second-order valence-electron chi connectivity index (χ2n) is 4.59. The van der Waals surface area contributed by atoms with Gasteiger partial charge in [0.25, 0.3) is 5.91 Å². The summed E-state index contributed by atoms with van der Waals surface area (Å²) in [6, 6.07) is 16.2. The third-order valence-corrected chi connectivity index (χ3v) is 3.33. The van der Waals surface area contributed by atoms with E-state index < -0.39 is 0 Å². The van der Waals surface area contributed by atoms with Gasteiger partial charge in [-0.2, -0.15) is 5.26 Å². The molecule has 0 aliphatic heterocycles. The lowest BCUT2D eigenvalue weighted by molar-refractivity contribution is 0.0986. The number of hydrogen-bond acceptors (Lipinski definition) is 2. The smallest absolute Gasteiger partial charge is 0.259 e. The summed E-state index contributed by atoms with van der Waals surface area (Å²) in [5.41, 5.74) is 1.48. The van der Waals surface area contributed by atoms with Crippen LogP contribution in [0.2, 0.25) is 5.02 Å². The molecule has 0 spiro atoms. The first-order chi connectivity index (χ1) is 10.2. The van der Waals surface area contributed by atoms with Crippen LogP contribution in [0.1, 0.15) is 29.3 Å². The molecule has 1 amide bonds. The van der Waals surface area contributed by atoms with E-state index >= 15 is 0 Å². The van der Waals surface area contributed by atoms with Crippen LogP contribution in [0.25, 0.3) is 0 Å². The van der Waals surface area contributed by atoms with Crippen LogP contribution < -0.4 is 4.90 Å². The summed E-state index contributed by atoms with van der Waals surface area (Å²) in [6.45, 7) is 2.59. The molecule has 0 heterocycles. The van der Waals surface area contributed by atoms with Gasteiger partial charge in [0.05, 0.1) is 17.2 Å². The van der Waals surface area contributed by atoms with E-state index in [1.807, 2.05) is 43.3 Å². The molecule has 0 saturated heterocycles. The Morgan fingerprint density at radius 3 is 2.57 bits per heavy atom. The molecule has 0 aromatic heterocycles. The first kappa shape index (κ1) is 15.1.